The van der Waals surface area contributed by atoms with Gasteiger partial charge in [0.05, 0.1) is 23.7 Å². The van der Waals surface area contributed by atoms with Crippen molar-refractivity contribution in [3.8, 4) is 0 Å². The van der Waals surface area contributed by atoms with Crippen molar-refractivity contribution in [3.63, 3.8) is 0 Å². The SMILES string of the molecule is CCCCc1c(C2CCc3cncn32)ccc(N)c1N. The molecule has 0 aliphatic carbocycles. The van der Waals surface area contributed by atoms with Crippen molar-refractivity contribution in [2.45, 2.75) is 45.1 Å². The van der Waals surface area contributed by atoms with E-state index in [1.54, 1.807) is 0 Å². The minimum Gasteiger partial charge on any atom is -0.397 e. The number of anilines is 2. The van der Waals surface area contributed by atoms with E-state index in [0.29, 0.717) is 11.7 Å². The lowest BCUT2D eigenvalue weighted by Crippen LogP contribution is -2.11. The standard InChI is InChI=1S/C16H22N4/c1-2-3-4-13-12(6-7-14(17)16(13)18)15-8-5-11-9-19-10-20(11)15/h6-7,9-10,15H,2-5,8,17-18H2,1H3. The molecule has 1 unspecified atom stereocenters. The van der Waals surface area contributed by atoms with Gasteiger partial charge in [0.1, 0.15) is 0 Å². The molecule has 3 rings (SSSR count). The first-order valence-corrected chi connectivity index (χ1v) is 7.39. The van der Waals surface area contributed by atoms with E-state index in [2.05, 4.69) is 22.5 Å². The van der Waals surface area contributed by atoms with Crippen LogP contribution in [-0.2, 0) is 12.8 Å². The molecule has 1 aliphatic heterocycles. The average molecular weight is 270 g/mol. The number of fused-ring (bicyclic) bond motifs is 1. The number of hydrogen-bond donors (Lipinski definition) is 2. The maximum atomic E-state index is 6.24. The molecule has 2 heterocycles. The molecule has 4 heteroatoms. The Morgan fingerprint density at radius 1 is 1.35 bits per heavy atom. The Balaban J connectivity index is 2.03. The maximum Gasteiger partial charge on any atom is 0.0953 e. The average Bonchev–Trinajstić information content (AvgIpc) is 3.03. The van der Waals surface area contributed by atoms with E-state index in [1.165, 1.54) is 16.8 Å². The lowest BCUT2D eigenvalue weighted by molar-refractivity contribution is 0.607. The van der Waals surface area contributed by atoms with E-state index < -0.39 is 0 Å². The highest BCUT2D eigenvalue weighted by Crippen LogP contribution is 2.37. The summed E-state index contributed by atoms with van der Waals surface area (Å²) >= 11 is 0. The van der Waals surface area contributed by atoms with Crippen LogP contribution in [0.2, 0.25) is 0 Å². The van der Waals surface area contributed by atoms with Crippen LogP contribution >= 0.6 is 0 Å². The van der Waals surface area contributed by atoms with Gasteiger partial charge in [-0.15, -0.1) is 0 Å². The molecule has 4 N–H and O–H groups in total. The van der Waals surface area contributed by atoms with E-state index in [0.717, 1.165) is 37.8 Å². The molecule has 4 nitrogen and oxygen atoms in total. The molecular weight excluding hydrogens is 248 g/mol. The molecule has 0 saturated heterocycles. The Morgan fingerprint density at radius 2 is 2.20 bits per heavy atom. The molecule has 0 spiro atoms. The van der Waals surface area contributed by atoms with Crippen LogP contribution < -0.4 is 11.5 Å². The van der Waals surface area contributed by atoms with Crippen molar-refractivity contribution in [2.75, 3.05) is 11.5 Å². The van der Waals surface area contributed by atoms with Crippen LogP contribution in [0.1, 0.15) is 49.0 Å². The third kappa shape index (κ3) is 2.05. The van der Waals surface area contributed by atoms with Gasteiger partial charge in [-0.3, -0.25) is 0 Å². The molecular formula is C16H22N4. The molecule has 1 atom stereocenters. The van der Waals surface area contributed by atoms with Gasteiger partial charge in [-0.1, -0.05) is 19.4 Å². The molecule has 0 radical (unpaired) electrons. The molecule has 106 valence electrons. The Morgan fingerprint density at radius 3 is 3.00 bits per heavy atom. The molecule has 1 aromatic heterocycles. The summed E-state index contributed by atoms with van der Waals surface area (Å²) < 4.78 is 2.28. The lowest BCUT2D eigenvalue weighted by atomic mass is 9.93. The van der Waals surface area contributed by atoms with E-state index in [4.69, 9.17) is 11.5 Å². The third-order valence-corrected chi connectivity index (χ3v) is 4.32. The minimum absolute atomic E-state index is 0.363. The number of benzene rings is 1. The van der Waals surface area contributed by atoms with Crippen LogP contribution in [0.15, 0.2) is 24.7 Å². The lowest BCUT2D eigenvalue weighted by Gasteiger charge is -2.20. The highest BCUT2D eigenvalue weighted by molar-refractivity contribution is 5.69. The molecule has 0 saturated carbocycles. The largest absolute Gasteiger partial charge is 0.397 e. The second kappa shape index (κ2) is 5.19. The first kappa shape index (κ1) is 13.0. The number of nitrogens with two attached hydrogens (primary N) is 2. The highest BCUT2D eigenvalue weighted by atomic mass is 15.1. The van der Waals surface area contributed by atoms with Crippen LogP contribution in [0.4, 0.5) is 11.4 Å². The topological polar surface area (TPSA) is 69.9 Å². The van der Waals surface area contributed by atoms with E-state index >= 15 is 0 Å². The minimum atomic E-state index is 0.363. The zero-order chi connectivity index (χ0) is 14.1. The molecule has 1 aliphatic rings. The van der Waals surface area contributed by atoms with Gasteiger partial charge in [0.25, 0.3) is 0 Å². The fraction of sp³-hybridized carbons (Fsp3) is 0.438. The van der Waals surface area contributed by atoms with Gasteiger partial charge in [-0.2, -0.15) is 0 Å². The molecule has 20 heavy (non-hydrogen) atoms. The summed E-state index contributed by atoms with van der Waals surface area (Å²) in [6, 6.07) is 4.45. The highest BCUT2D eigenvalue weighted by Gasteiger charge is 2.26. The second-order valence-corrected chi connectivity index (χ2v) is 5.59. The normalized spacial score (nSPS) is 17.4. The van der Waals surface area contributed by atoms with Gasteiger partial charge in [0, 0.05) is 11.9 Å². The number of imidazole rings is 1. The number of rotatable bonds is 4. The Labute approximate surface area is 119 Å². The van der Waals surface area contributed by atoms with E-state index in [9.17, 15) is 0 Å². The predicted molar refractivity (Wildman–Crippen MR) is 82.6 cm³/mol. The summed E-state index contributed by atoms with van der Waals surface area (Å²) in [6.07, 6.45) is 9.42. The fourth-order valence-electron chi connectivity index (χ4n) is 3.18. The van der Waals surface area contributed by atoms with Crippen LogP contribution in [-0.4, -0.2) is 9.55 Å². The summed E-state index contributed by atoms with van der Waals surface area (Å²) in [4.78, 5) is 4.26. The summed E-state index contributed by atoms with van der Waals surface area (Å²) in [6.45, 7) is 2.20. The number of aryl methyl sites for hydroxylation is 1. The first-order chi connectivity index (χ1) is 9.72. The quantitative estimate of drug-likeness (QED) is 0.839. The number of nitrogens with zero attached hydrogens (tertiary/aromatic N) is 2. The predicted octanol–water partition coefficient (Wildman–Crippen LogP) is 2.93. The summed E-state index contributed by atoms with van der Waals surface area (Å²) in [5, 5.41) is 0. The van der Waals surface area contributed by atoms with Gasteiger partial charge in [-0.05, 0) is 42.9 Å². The van der Waals surface area contributed by atoms with E-state index in [-0.39, 0.29) is 0 Å². The zero-order valence-electron chi connectivity index (χ0n) is 12.0. The number of nitrogen functional groups attached to an aromatic ring is 2. The second-order valence-electron chi connectivity index (χ2n) is 5.59. The smallest absolute Gasteiger partial charge is 0.0953 e. The Hall–Kier alpha value is -1.97. The molecule has 0 fully saturated rings. The first-order valence-electron chi connectivity index (χ1n) is 7.39. The molecule has 2 aromatic rings. The van der Waals surface area contributed by atoms with Crippen molar-refractivity contribution in [2.24, 2.45) is 0 Å². The van der Waals surface area contributed by atoms with Crippen LogP contribution in [0, 0.1) is 0 Å². The van der Waals surface area contributed by atoms with Crippen molar-refractivity contribution >= 4 is 11.4 Å². The summed E-state index contributed by atoms with van der Waals surface area (Å²) in [5.41, 5.74) is 17.6. The van der Waals surface area contributed by atoms with Crippen LogP contribution in [0.25, 0.3) is 0 Å². The van der Waals surface area contributed by atoms with Crippen LogP contribution in [0.5, 0.6) is 0 Å². The Kier molecular flexibility index (Phi) is 3.38. The van der Waals surface area contributed by atoms with Gasteiger partial charge in [0.15, 0.2) is 0 Å². The molecule has 0 bridgehead atoms. The van der Waals surface area contributed by atoms with Crippen molar-refractivity contribution in [1.29, 1.82) is 0 Å². The number of hydrogen-bond acceptors (Lipinski definition) is 3. The van der Waals surface area contributed by atoms with Crippen molar-refractivity contribution in [3.05, 3.63) is 41.5 Å². The van der Waals surface area contributed by atoms with Gasteiger partial charge >= 0.3 is 0 Å². The third-order valence-electron chi connectivity index (χ3n) is 4.32. The van der Waals surface area contributed by atoms with Gasteiger partial charge in [0.2, 0.25) is 0 Å². The Bertz CT molecular complexity index is 615. The summed E-state index contributed by atoms with van der Waals surface area (Å²) in [7, 11) is 0. The maximum absolute atomic E-state index is 6.24. The van der Waals surface area contributed by atoms with Crippen molar-refractivity contribution in [1.82, 2.24) is 9.55 Å². The molecule has 1 aromatic carbocycles. The fourth-order valence-corrected chi connectivity index (χ4v) is 3.18. The van der Waals surface area contributed by atoms with Gasteiger partial charge < -0.3 is 16.0 Å². The molecule has 0 amide bonds. The summed E-state index contributed by atoms with van der Waals surface area (Å²) in [5.74, 6) is 0. The monoisotopic (exact) mass is 270 g/mol. The van der Waals surface area contributed by atoms with E-state index in [1.807, 2.05) is 18.6 Å². The zero-order valence-corrected chi connectivity index (χ0v) is 12.0. The van der Waals surface area contributed by atoms with Crippen molar-refractivity contribution < 1.29 is 0 Å². The van der Waals surface area contributed by atoms with Crippen LogP contribution in [0.3, 0.4) is 0 Å². The van der Waals surface area contributed by atoms with Gasteiger partial charge in [-0.25, -0.2) is 4.98 Å². The number of aromatic nitrogens is 2. The number of unbranched alkanes of at least 4 members (excludes halogenated alkanes) is 1.